The van der Waals surface area contributed by atoms with Crippen LogP contribution in [0.3, 0.4) is 0 Å². The number of rotatable bonds is 1. The highest BCUT2D eigenvalue weighted by molar-refractivity contribution is 5.53. The molecule has 0 aliphatic carbocycles. The fraction of sp³-hybridized carbons (Fsp3) is 0.0741. The maximum atomic E-state index is 8.83. The van der Waals surface area contributed by atoms with Gasteiger partial charge in [-0.15, -0.1) is 0 Å². The van der Waals surface area contributed by atoms with Gasteiger partial charge in [-0.2, -0.15) is 5.26 Å². The molecule has 2 rings (SSSR count). The predicted molar refractivity (Wildman–Crippen MR) is 117 cm³/mol. The second-order valence-electron chi connectivity index (χ2n) is 5.64. The molecule has 2 nitrogen and oxygen atoms in total. The van der Waals surface area contributed by atoms with Crippen LogP contribution >= 0.6 is 0 Å². The fourth-order valence-electron chi connectivity index (χ4n) is 1.99. The van der Waals surface area contributed by atoms with Crippen molar-refractivity contribution >= 4 is 5.69 Å². The van der Waals surface area contributed by atoms with Crippen LogP contribution in [-0.4, -0.2) is 14.1 Å². The molecule has 29 heavy (non-hydrogen) atoms. The number of hydrogen-bond acceptors (Lipinski definition) is 2. The van der Waals surface area contributed by atoms with Crippen LogP contribution in [0.2, 0.25) is 0 Å². The van der Waals surface area contributed by atoms with Crippen LogP contribution in [0.25, 0.3) is 0 Å². The molecule has 0 aliphatic rings. The van der Waals surface area contributed by atoms with E-state index < -0.39 is 0 Å². The van der Waals surface area contributed by atoms with Crippen molar-refractivity contribution in [2.75, 3.05) is 19.0 Å². The van der Waals surface area contributed by atoms with Crippen molar-refractivity contribution in [3.63, 3.8) is 0 Å². The van der Waals surface area contributed by atoms with E-state index >= 15 is 0 Å². The van der Waals surface area contributed by atoms with Crippen LogP contribution in [0.4, 0.5) is 5.69 Å². The fourth-order valence-corrected chi connectivity index (χ4v) is 1.99. The van der Waals surface area contributed by atoms with E-state index in [-0.39, 0.29) is 0 Å². The van der Waals surface area contributed by atoms with Gasteiger partial charge in [-0.3, -0.25) is 0 Å². The Morgan fingerprint density at radius 2 is 1.03 bits per heavy atom. The summed E-state index contributed by atoms with van der Waals surface area (Å²) in [7, 11) is 3.96. The molecule has 132 valence electrons. The molecule has 0 bridgehead atoms. The van der Waals surface area contributed by atoms with Gasteiger partial charge < -0.3 is 4.90 Å². The molecule has 2 heteroatoms. The molecule has 0 unspecified atom stereocenters. The van der Waals surface area contributed by atoms with E-state index in [0.717, 1.165) is 16.8 Å². The zero-order valence-corrected chi connectivity index (χ0v) is 16.0. The first-order valence-corrected chi connectivity index (χ1v) is 8.48. The summed E-state index contributed by atoms with van der Waals surface area (Å²) >= 11 is 0. The molecule has 0 atom stereocenters. The van der Waals surface area contributed by atoms with Gasteiger partial charge in [-0.25, -0.2) is 0 Å². The largest absolute Gasteiger partial charge is 0.378 e. The number of hydrogen-bond donors (Lipinski definition) is 0. The molecule has 2 aromatic carbocycles. The zero-order chi connectivity index (χ0) is 20.7. The summed E-state index contributed by atoms with van der Waals surface area (Å²) in [5, 5.41) is 8.83. The van der Waals surface area contributed by atoms with E-state index in [4.69, 9.17) is 5.26 Å². The van der Waals surface area contributed by atoms with Crippen molar-refractivity contribution in [3.8, 4) is 77.1 Å². The van der Waals surface area contributed by atoms with Gasteiger partial charge in [0.05, 0.1) is 11.6 Å². The van der Waals surface area contributed by atoms with Gasteiger partial charge in [-0.1, -0.05) is 24.0 Å². The summed E-state index contributed by atoms with van der Waals surface area (Å²) in [5.41, 5.74) is 3.28. The molecule has 2 aromatic rings. The van der Waals surface area contributed by atoms with Gasteiger partial charge >= 0.3 is 0 Å². The lowest BCUT2D eigenvalue weighted by Crippen LogP contribution is -2.08. The van der Waals surface area contributed by atoms with Crippen molar-refractivity contribution in [3.05, 3.63) is 65.2 Å². The van der Waals surface area contributed by atoms with Gasteiger partial charge in [0.1, 0.15) is 0 Å². The summed E-state index contributed by atoms with van der Waals surface area (Å²) in [5.74, 6) is 32.1. The van der Waals surface area contributed by atoms with E-state index in [1.54, 1.807) is 18.2 Å². The molecule has 0 saturated heterocycles. The molecule has 0 amide bonds. The molecule has 0 heterocycles. The van der Waals surface area contributed by atoms with Crippen molar-refractivity contribution in [1.29, 1.82) is 5.26 Å². The van der Waals surface area contributed by atoms with Crippen molar-refractivity contribution in [1.82, 2.24) is 0 Å². The SMILES string of the molecule is CN(C)c1cccc(C#CC#CC#CC#CC#CC#Cc2cccc(C#N)c2)c1. The minimum atomic E-state index is 0.563. The van der Waals surface area contributed by atoms with Crippen molar-refractivity contribution in [2.45, 2.75) is 0 Å². The Labute approximate surface area is 172 Å². The average Bonchev–Trinajstić information content (AvgIpc) is 2.74. The first-order valence-electron chi connectivity index (χ1n) is 8.48. The van der Waals surface area contributed by atoms with Crippen LogP contribution in [0.15, 0.2) is 48.5 Å². The van der Waals surface area contributed by atoms with Gasteiger partial charge in [0.2, 0.25) is 0 Å². The maximum absolute atomic E-state index is 8.83. The highest BCUT2D eigenvalue weighted by atomic mass is 15.1. The lowest BCUT2D eigenvalue weighted by molar-refractivity contribution is 1.13. The van der Waals surface area contributed by atoms with E-state index in [1.165, 1.54) is 0 Å². The van der Waals surface area contributed by atoms with E-state index in [0.29, 0.717) is 5.56 Å². The molecule has 0 N–H and O–H groups in total. The highest BCUT2D eigenvalue weighted by Gasteiger charge is 1.94. The van der Waals surface area contributed by atoms with E-state index in [2.05, 4.69) is 77.1 Å². The number of nitrogens with zero attached hydrogens (tertiary/aromatic N) is 2. The Hall–Kier alpha value is -4.91. The molecule has 0 aliphatic heterocycles. The smallest absolute Gasteiger partial charge is 0.0992 e. The Bertz CT molecular complexity index is 1320. The quantitative estimate of drug-likeness (QED) is 0.726. The summed E-state index contributed by atoms with van der Waals surface area (Å²) in [4.78, 5) is 2.02. The van der Waals surface area contributed by atoms with Crippen LogP contribution in [0.5, 0.6) is 0 Å². The maximum Gasteiger partial charge on any atom is 0.0992 e. The lowest BCUT2D eigenvalue weighted by atomic mass is 10.1. The topological polar surface area (TPSA) is 27.0 Å². The highest BCUT2D eigenvalue weighted by Crippen LogP contribution is 2.12. The molecule has 0 radical (unpaired) electrons. The number of nitriles is 1. The summed E-state index contributed by atoms with van der Waals surface area (Å²) in [6.07, 6.45) is 0. The molecule has 0 spiro atoms. The van der Waals surface area contributed by atoms with Gasteiger partial charge in [-0.05, 0) is 95.6 Å². The molecule has 0 aromatic heterocycles. The average molecular weight is 366 g/mol. The first-order chi connectivity index (χ1) is 14.2. The second kappa shape index (κ2) is 11.7. The van der Waals surface area contributed by atoms with E-state index in [1.807, 2.05) is 49.3 Å². The minimum Gasteiger partial charge on any atom is -0.378 e. The van der Waals surface area contributed by atoms with Gasteiger partial charge in [0, 0.05) is 30.9 Å². The first kappa shape index (κ1) is 20.4. The minimum absolute atomic E-state index is 0.563. The number of anilines is 1. The molecular formula is C27H14N2. The Kier molecular flexibility index (Phi) is 8.20. The molecule has 0 saturated carbocycles. The third-order valence-corrected chi connectivity index (χ3v) is 3.33. The third-order valence-electron chi connectivity index (χ3n) is 3.33. The van der Waals surface area contributed by atoms with Crippen LogP contribution in [0, 0.1) is 82.4 Å². The van der Waals surface area contributed by atoms with Crippen molar-refractivity contribution < 1.29 is 0 Å². The monoisotopic (exact) mass is 366 g/mol. The van der Waals surface area contributed by atoms with Crippen LogP contribution in [0.1, 0.15) is 16.7 Å². The third kappa shape index (κ3) is 7.89. The second-order valence-corrected chi connectivity index (χ2v) is 5.64. The summed E-state index contributed by atoms with van der Waals surface area (Å²) < 4.78 is 0. The standard InChI is InChI=1S/C27H14N2/c1-29(2)27-20-14-18-25(22-27)16-12-10-8-6-4-3-5-7-9-11-15-24-17-13-19-26(21-24)23-28/h13-14,17-22H,1-2H3. The van der Waals surface area contributed by atoms with Crippen molar-refractivity contribution in [2.24, 2.45) is 0 Å². The summed E-state index contributed by atoms with van der Waals surface area (Å²) in [6, 6.07) is 17.0. The number of benzene rings is 2. The van der Waals surface area contributed by atoms with E-state index in [9.17, 15) is 0 Å². The van der Waals surface area contributed by atoms with Crippen LogP contribution in [-0.2, 0) is 0 Å². The molecular weight excluding hydrogens is 352 g/mol. The summed E-state index contributed by atoms with van der Waals surface area (Å²) in [6.45, 7) is 0. The lowest BCUT2D eigenvalue weighted by Gasteiger charge is -2.11. The Balaban J connectivity index is 1.89. The molecule has 0 fully saturated rings. The Morgan fingerprint density at radius 1 is 0.586 bits per heavy atom. The zero-order valence-electron chi connectivity index (χ0n) is 16.0. The van der Waals surface area contributed by atoms with Gasteiger partial charge in [0.15, 0.2) is 0 Å². The van der Waals surface area contributed by atoms with Crippen LogP contribution < -0.4 is 4.90 Å². The normalized spacial score (nSPS) is 7.34. The Morgan fingerprint density at radius 3 is 1.55 bits per heavy atom. The predicted octanol–water partition coefficient (Wildman–Crippen LogP) is 3.04. The van der Waals surface area contributed by atoms with Gasteiger partial charge in [0.25, 0.3) is 0 Å².